The molecule has 16 heavy (non-hydrogen) atoms. The van der Waals surface area contributed by atoms with Crippen LogP contribution in [0.4, 0.5) is 0 Å². The predicted octanol–water partition coefficient (Wildman–Crippen LogP) is 1.89. The number of halogens is 2. The monoisotopic (exact) mass is 346 g/mol. The quantitative estimate of drug-likeness (QED) is 0.897. The van der Waals surface area contributed by atoms with Gasteiger partial charge in [-0.1, -0.05) is 0 Å². The first-order chi connectivity index (χ1) is 7.59. The summed E-state index contributed by atoms with van der Waals surface area (Å²) in [5.41, 5.74) is -0.155. The van der Waals surface area contributed by atoms with Gasteiger partial charge in [0.05, 0.1) is 4.47 Å². The van der Waals surface area contributed by atoms with Crippen LogP contribution in [0.25, 0.3) is 5.82 Å². The second kappa shape index (κ2) is 4.30. The van der Waals surface area contributed by atoms with Gasteiger partial charge in [-0.3, -0.25) is 0 Å². The van der Waals surface area contributed by atoms with Crippen molar-refractivity contribution in [2.24, 2.45) is 0 Å². The first kappa shape index (κ1) is 11.2. The van der Waals surface area contributed by atoms with Crippen molar-refractivity contribution in [3.63, 3.8) is 0 Å². The van der Waals surface area contributed by atoms with E-state index in [1.807, 2.05) is 0 Å². The van der Waals surface area contributed by atoms with Gasteiger partial charge < -0.3 is 5.11 Å². The van der Waals surface area contributed by atoms with Crippen LogP contribution in [0.1, 0.15) is 10.5 Å². The third kappa shape index (κ3) is 1.98. The summed E-state index contributed by atoms with van der Waals surface area (Å²) in [6.45, 7) is 0. The van der Waals surface area contributed by atoms with E-state index in [-0.39, 0.29) is 10.3 Å². The molecule has 2 heterocycles. The maximum atomic E-state index is 10.8. The highest BCUT2D eigenvalue weighted by Crippen LogP contribution is 2.19. The number of carboxylic acid groups (broad SMARTS) is 1. The van der Waals surface area contributed by atoms with Crippen molar-refractivity contribution in [2.45, 2.75) is 0 Å². The molecule has 0 aliphatic rings. The molecular formula is C8H4Br2N4O2. The average Bonchev–Trinajstić information content (AvgIpc) is 2.61. The molecule has 8 heteroatoms. The third-order valence-electron chi connectivity index (χ3n) is 1.70. The van der Waals surface area contributed by atoms with E-state index in [1.54, 1.807) is 18.3 Å². The summed E-state index contributed by atoms with van der Waals surface area (Å²) >= 11 is 6.30. The SMILES string of the molecule is O=C(O)c1nn(-c2ncccc2Br)nc1Br. The van der Waals surface area contributed by atoms with E-state index in [4.69, 9.17) is 5.11 Å². The van der Waals surface area contributed by atoms with Gasteiger partial charge in [0, 0.05) is 6.20 Å². The van der Waals surface area contributed by atoms with E-state index < -0.39 is 5.97 Å². The van der Waals surface area contributed by atoms with Crippen molar-refractivity contribution >= 4 is 37.8 Å². The Hall–Kier alpha value is -1.28. The van der Waals surface area contributed by atoms with Crippen molar-refractivity contribution in [2.75, 3.05) is 0 Å². The average molecular weight is 348 g/mol. The van der Waals surface area contributed by atoms with Crippen LogP contribution in [0.3, 0.4) is 0 Å². The van der Waals surface area contributed by atoms with E-state index in [2.05, 4.69) is 47.0 Å². The Balaban J connectivity index is 2.54. The van der Waals surface area contributed by atoms with Crippen LogP contribution in [-0.2, 0) is 0 Å². The molecule has 0 saturated heterocycles. The lowest BCUT2D eigenvalue weighted by atomic mass is 10.5. The number of hydrogen-bond acceptors (Lipinski definition) is 4. The molecule has 2 aromatic heterocycles. The van der Waals surface area contributed by atoms with Crippen LogP contribution in [0.2, 0.25) is 0 Å². The van der Waals surface area contributed by atoms with Gasteiger partial charge in [-0.15, -0.1) is 15.0 Å². The van der Waals surface area contributed by atoms with Gasteiger partial charge in [-0.05, 0) is 44.0 Å². The van der Waals surface area contributed by atoms with Gasteiger partial charge in [-0.2, -0.15) is 0 Å². The third-order valence-corrected chi connectivity index (χ3v) is 2.86. The Kier molecular flexibility index (Phi) is 3.01. The second-order valence-electron chi connectivity index (χ2n) is 2.74. The largest absolute Gasteiger partial charge is 0.476 e. The molecule has 0 amide bonds. The molecule has 0 aliphatic heterocycles. The highest BCUT2D eigenvalue weighted by Gasteiger charge is 2.17. The van der Waals surface area contributed by atoms with Crippen molar-refractivity contribution in [3.05, 3.63) is 33.1 Å². The maximum absolute atomic E-state index is 10.8. The summed E-state index contributed by atoms with van der Waals surface area (Å²) in [5, 5.41) is 16.5. The maximum Gasteiger partial charge on any atom is 0.359 e. The van der Waals surface area contributed by atoms with E-state index in [1.165, 1.54) is 0 Å². The number of nitrogens with zero attached hydrogens (tertiary/aromatic N) is 4. The van der Waals surface area contributed by atoms with Crippen LogP contribution < -0.4 is 0 Å². The minimum atomic E-state index is -1.15. The standard InChI is InChI=1S/C8H4Br2N4O2/c9-4-2-1-3-11-7(4)14-12-5(8(15)16)6(10)13-14/h1-3H,(H,15,16). The number of pyridine rings is 1. The topological polar surface area (TPSA) is 80.9 Å². The van der Waals surface area contributed by atoms with Gasteiger partial charge in [0.15, 0.2) is 10.4 Å². The molecule has 0 saturated carbocycles. The smallest absolute Gasteiger partial charge is 0.359 e. The summed E-state index contributed by atoms with van der Waals surface area (Å²) in [7, 11) is 0. The lowest BCUT2D eigenvalue weighted by molar-refractivity contribution is 0.0689. The fraction of sp³-hybridized carbons (Fsp3) is 0. The highest BCUT2D eigenvalue weighted by molar-refractivity contribution is 9.10. The molecule has 2 rings (SSSR count). The van der Waals surface area contributed by atoms with Crippen LogP contribution >= 0.6 is 31.9 Å². The van der Waals surface area contributed by atoms with Crippen LogP contribution in [0.5, 0.6) is 0 Å². The molecule has 0 radical (unpaired) electrons. The summed E-state index contributed by atoms with van der Waals surface area (Å²) in [5.74, 6) is -0.721. The molecule has 0 atom stereocenters. The number of rotatable bonds is 2. The summed E-state index contributed by atoms with van der Waals surface area (Å²) in [6, 6.07) is 3.50. The predicted molar refractivity (Wildman–Crippen MR) is 61.5 cm³/mol. The molecule has 0 aromatic carbocycles. The van der Waals surface area contributed by atoms with Crippen molar-refractivity contribution in [1.29, 1.82) is 0 Å². The van der Waals surface area contributed by atoms with E-state index in [0.29, 0.717) is 10.3 Å². The van der Waals surface area contributed by atoms with Gasteiger partial charge in [0.25, 0.3) is 0 Å². The molecule has 2 aromatic rings. The van der Waals surface area contributed by atoms with E-state index in [9.17, 15) is 4.79 Å². The summed E-state index contributed by atoms with van der Waals surface area (Å²) < 4.78 is 0.840. The molecule has 0 aliphatic carbocycles. The van der Waals surface area contributed by atoms with Gasteiger partial charge in [0.1, 0.15) is 0 Å². The zero-order valence-electron chi connectivity index (χ0n) is 7.63. The van der Waals surface area contributed by atoms with Gasteiger partial charge in [-0.25, -0.2) is 9.78 Å². The summed E-state index contributed by atoms with van der Waals surface area (Å²) in [6.07, 6.45) is 1.57. The lowest BCUT2D eigenvalue weighted by Crippen LogP contribution is -2.04. The van der Waals surface area contributed by atoms with Crippen LogP contribution in [0, 0.1) is 0 Å². The lowest BCUT2D eigenvalue weighted by Gasteiger charge is -1.99. The van der Waals surface area contributed by atoms with Gasteiger partial charge >= 0.3 is 5.97 Å². The normalized spacial score (nSPS) is 10.4. The number of hydrogen-bond donors (Lipinski definition) is 1. The summed E-state index contributed by atoms with van der Waals surface area (Å²) in [4.78, 5) is 16.0. The zero-order chi connectivity index (χ0) is 11.7. The number of aromatic carboxylic acids is 1. The van der Waals surface area contributed by atoms with Crippen LogP contribution in [-0.4, -0.2) is 31.1 Å². The van der Waals surface area contributed by atoms with E-state index >= 15 is 0 Å². The Bertz CT molecular complexity index is 555. The van der Waals surface area contributed by atoms with Crippen LogP contribution in [0.15, 0.2) is 27.4 Å². The Morgan fingerprint density at radius 1 is 1.38 bits per heavy atom. The van der Waals surface area contributed by atoms with Crippen molar-refractivity contribution < 1.29 is 9.90 Å². The second-order valence-corrected chi connectivity index (χ2v) is 4.35. The Morgan fingerprint density at radius 2 is 2.12 bits per heavy atom. The zero-order valence-corrected chi connectivity index (χ0v) is 10.8. The fourth-order valence-electron chi connectivity index (χ4n) is 1.04. The molecule has 6 nitrogen and oxygen atoms in total. The minimum absolute atomic E-state index is 0.155. The highest BCUT2D eigenvalue weighted by atomic mass is 79.9. The molecule has 0 spiro atoms. The number of carboxylic acids is 1. The first-order valence-corrected chi connectivity index (χ1v) is 5.65. The Labute approximate surface area is 107 Å². The molecule has 0 unspecified atom stereocenters. The molecular weight excluding hydrogens is 344 g/mol. The molecule has 0 fully saturated rings. The van der Waals surface area contributed by atoms with Crippen molar-refractivity contribution in [3.8, 4) is 5.82 Å². The Morgan fingerprint density at radius 3 is 2.69 bits per heavy atom. The molecule has 82 valence electrons. The number of carbonyl (C=O) groups is 1. The molecule has 1 N–H and O–H groups in total. The van der Waals surface area contributed by atoms with Gasteiger partial charge in [0.2, 0.25) is 5.69 Å². The van der Waals surface area contributed by atoms with Crippen molar-refractivity contribution in [1.82, 2.24) is 20.0 Å². The fourth-order valence-corrected chi connectivity index (χ4v) is 1.85. The first-order valence-electron chi connectivity index (χ1n) is 4.06. The van der Waals surface area contributed by atoms with E-state index in [0.717, 1.165) is 4.80 Å². The minimum Gasteiger partial charge on any atom is -0.476 e. The number of aromatic nitrogens is 4. The molecule has 0 bridgehead atoms.